The van der Waals surface area contributed by atoms with E-state index in [1.165, 1.54) is 35.7 Å². The minimum Gasteiger partial charge on any atom is -0.490 e. The topological polar surface area (TPSA) is 93.0 Å². The molecular formula is C19H20F3N3O5S. The standard InChI is InChI=1S/C19H20F3N3O5S/c1-30-18-7-6-16(12-17(18)25(26)27)31(28,29)24-10-8-23(9-11-24)13-14-2-4-15(5-3-14)19(20,21)22/h2-7,12H,8-11,13H2,1H3. The number of alkyl halides is 3. The van der Waals surface area contributed by atoms with Crippen molar-refractivity contribution in [3.8, 4) is 5.75 Å². The number of nitro groups is 1. The smallest absolute Gasteiger partial charge is 0.416 e. The van der Waals surface area contributed by atoms with Gasteiger partial charge in [-0.05, 0) is 29.8 Å². The number of methoxy groups -OCH3 is 1. The third kappa shape index (κ3) is 5.14. The molecule has 31 heavy (non-hydrogen) atoms. The summed E-state index contributed by atoms with van der Waals surface area (Å²) in [7, 11) is -2.68. The van der Waals surface area contributed by atoms with Crippen molar-refractivity contribution < 1.29 is 31.2 Å². The number of ether oxygens (including phenoxy) is 1. The molecule has 0 spiro atoms. The van der Waals surface area contributed by atoms with Crippen molar-refractivity contribution in [1.29, 1.82) is 0 Å². The monoisotopic (exact) mass is 459 g/mol. The first-order valence-corrected chi connectivity index (χ1v) is 10.7. The summed E-state index contributed by atoms with van der Waals surface area (Å²) in [4.78, 5) is 12.2. The largest absolute Gasteiger partial charge is 0.490 e. The Morgan fingerprint density at radius 1 is 1.06 bits per heavy atom. The van der Waals surface area contributed by atoms with E-state index in [-0.39, 0.29) is 23.7 Å². The van der Waals surface area contributed by atoms with E-state index >= 15 is 0 Å². The molecule has 2 aromatic carbocycles. The molecule has 1 aliphatic rings. The molecule has 1 fully saturated rings. The predicted molar refractivity (Wildman–Crippen MR) is 105 cm³/mol. The van der Waals surface area contributed by atoms with Gasteiger partial charge in [0.25, 0.3) is 0 Å². The number of hydrogen-bond donors (Lipinski definition) is 0. The van der Waals surface area contributed by atoms with Crippen LogP contribution in [0.1, 0.15) is 11.1 Å². The molecule has 0 saturated carbocycles. The lowest BCUT2D eigenvalue weighted by Gasteiger charge is -2.34. The summed E-state index contributed by atoms with van der Waals surface area (Å²) in [6.07, 6.45) is -4.39. The Balaban J connectivity index is 1.66. The van der Waals surface area contributed by atoms with E-state index in [0.717, 1.165) is 18.2 Å². The molecule has 0 aromatic heterocycles. The van der Waals surface area contributed by atoms with Crippen LogP contribution in [-0.2, 0) is 22.7 Å². The summed E-state index contributed by atoms with van der Waals surface area (Å²) in [6, 6.07) is 8.33. The molecule has 168 valence electrons. The van der Waals surface area contributed by atoms with E-state index in [1.54, 1.807) is 0 Å². The number of halogens is 3. The van der Waals surface area contributed by atoms with Crippen LogP contribution in [-0.4, -0.2) is 55.8 Å². The molecule has 0 aliphatic carbocycles. The zero-order chi connectivity index (χ0) is 22.8. The highest BCUT2D eigenvalue weighted by molar-refractivity contribution is 7.89. The first kappa shape index (κ1) is 23.0. The Morgan fingerprint density at radius 2 is 1.68 bits per heavy atom. The van der Waals surface area contributed by atoms with Gasteiger partial charge in [-0.25, -0.2) is 8.42 Å². The van der Waals surface area contributed by atoms with Gasteiger partial charge in [0.1, 0.15) is 0 Å². The highest BCUT2D eigenvalue weighted by Crippen LogP contribution is 2.31. The van der Waals surface area contributed by atoms with Gasteiger partial charge in [0.15, 0.2) is 5.75 Å². The van der Waals surface area contributed by atoms with Gasteiger partial charge in [-0.15, -0.1) is 0 Å². The van der Waals surface area contributed by atoms with Crippen LogP contribution in [0, 0.1) is 10.1 Å². The molecular weight excluding hydrogens is 439 g/mol. The highest BCUT2D eigenvalue weighted by atomic mass is 32.2. The van der Waals surface area contributed by atoms with Crippen molar-refractivity contribution in [3.63, 3.8) is 0 Å². The summed E-state index contributed by atoms with van der Waals surface area (Å²) in [6.45, 7) is 1.45. The lowest BCUT2D eigenvalue weighted by molar-refractivity contribution is -0.386. The molecule has 0 bridgehead atoms. The Bertz CT molecular complexity index is 1050. The molecule has 0 amide bonds. The van der Waals surface area contributed by atoms with Crippen LogP contribution in [0.25, 0.3) is 0 Å². The first-order valence-electron chi connectivity index (χ1n) is 9.23. The third-order valence-corrected chi connectivity index (χ3v) is 6.90. The van der Waals surface area contributed by atoms with Crippen molar-refractivity contribution in [2.24, 2.45) is 0 Å². The summed E-state index contributed by atoms with van der Waals surface area (Å²) in [5.74, 6) is -0.0367. The minimum atomic E-state index is -4.39. The van der Waals surface area contributed by atoms with E-state index in [9.17, 15) is 31.7 Å². The molecule has 0 N–H and O–H groups in total. The fourth-order valence-electron chi connectivity index (χ4n) is 3.31. The molecule has 2 aromatic rings. The molecule has 3 rings (SSSR count). The lowest BCUT2D eigenvalue weighted by Crippen LogP contribution is -2.48. The van der Waals surface area contributed by atoms with Crippen LogP contribution < -0.4 is 4.74 Å². The number of rotatable bonds is 6. The van der Waals surface area contributed by atoms with Crippen LogP contribution in [0.4, 0.5) is 18.9 Å². The van der Waals surface area contributed by atoms with Crippen LogP contribution in [0.2, 0.25) is 0 Å². The second kappa shape index (κ2) is 8.81. The summed E-state index contributed by atoms with van der Waals surface area (Å²) < 4.78 is 69.9. The summed E-state index contributed by atoms with van der Waals surface area (Å²) >= 11 is 0. The van der Waals surface area contributed by atoms with Gasteiger partial charge in [0.05, 0.1) is 22.5 Å². The summed E-state index contributed by atoms with van der Waals surface area (Å²) in [5.41, 5.74) is -0.472. The van der Waals surface area contributed by atoms with Crippen LogP contribution in [0.5, 0.6) is 5.75 Å². The van der Waals surface area contributed by atoms with Crippen LogP contribution in [0.15, 0.2) is 47.4 Å². The molecule has 0 radical (unpaired) electrons. The number of sulfonamides is 1. The van der Waals surface area contributed by atoms with Gasteiger partial charge in [0.2, 0.25) is 10.0 Å². The van der Waals surface area contributed by atoms with Crippen molar-refractivity contribution in [3.05, 3.63) is 63.7 Å². The normalized spacial score (nSPS) is 16.3. The average Bonchev–Trinajstić information content (AvgIpc) is 2.73. The van der Waals surface area contributed by atoms with Crippen LogP contribution in [0.3, 0.4) is 0 Å². The average molecular weight is 459 g/mol. The van der Waals surface area contributed by atoms with Gasteiger partial charge in [-0.1, -0.05) is 12.1 Å². The van der Waals surface area contributed by atoms with Gasteiger partial charge in [-0.3, -0.25) is 15.0 Å². The van der Waals surface area contributed by atoms with Crippen molar-refractivity contribution >= 4 is 15.7 Å². The molecule has 1 aliphatic heterocycles. The molecule has 1 heterocycles. The molecule has 12 heteroatoms. The van der Waals surface area contributed by atoms with Crippen molar-refractivity contribution in [1.82, 2.24) is 9.21 Å². The molecule has 0 unspecified atom stereocenters. The maximum absolute atomic E-state index is 12.9. The SMILES string of the molecule is COc1ccc(S(=O)(=O)N2CCN(Cc3ccc(C(F)(F)F)cc3)CC2)cc1[N+](=O)[O-]. The Morgan fingerprint density at radius 3 is 2.19 bits per heavy atom. The van der Waals surface area contributed by atoms with Gasteiger partial charge < -0.3 is 4.74 Å². The molecule has 8 nitrogen and oxygen atoms in total. The van der Waals surface area contributed by atoms with E-state index in [4.69, 9.17) is 4.74 Å². The zero-order valence-electron chi connectivity index (χ0n) is 16.5. The van der Waals surface area contributed by atoms with E-state index < -0.39 is 32.4 Å². The Kier molecular flexibility index (Phi) is 6.53. The third-order valence-electron chi connectivity index (χ3n) is 5.00. The van der Waals surface area contributed by atoms with Crippen LogP contribution >= 0.6 is 0 Å². The number of nitrogens with zero attached hydrogens (tertiary/aromatic N) is 3. The fraction of sp³-hybridized carbons (Fsp3) is 0.368. The predicted octanol–water partition coefficient (Wildman–Crippen LogP) is 3.13. The van der Waals surface area contributed by atoms with E-state index in [1.807, 2.05) is 4.90 Å². The quantitative estimate of drug-likeness (QED) is 0.487. The molecule has 1 saturated heterocycles. The summed E-state index contributed by atoms with van der Waals surface area (Å²) in [5, 5.41) is 11.2. The minimum absolute atomic E-state index is 0.0367. The Labute approximate surface area is 177 Å². The maximum atomic E-state index is 12.9. The Hall–Kier alpha value is -2.70. The van der Waals surface area contributed by atoms with E-state index in [2.05, 4.69) is 0 Å². The van der Waals surface area contributed by atoms with E-state index in [0.29, 0.717) is 25.2 Å². The lowest BCUT2D eigenvalue weighted by atomic mass is 10.1. The van der Waals surface area contributed by atoms with Crippen molar-refractivity contribution in [2.45, 2.75) is 17.6 Å². The second-order valence-electron chi connectivity index (χ2n) is 6.97. The highest BCUT2D eigenvalue weighted by Gasteiger charge is 2.32. The number of benzene rings is 2. The number of piperazine rings is 1. The number of nitro benzene ring substituents is 1. The second-order valence-corrected chi connectivity index (χ2v) is 8.90. The fourth-order valence-corrected chi connectivity index (χ4v) is 4.75. The zero-order valence-corrected chi connectivity index (χ0v) is 17.3. The van der Waals surface area contributed by atoms with Gasteiger partial charge in [-0.2, -0.15) is 17.5 Å². The number of hydrogen-bond acceptors (Lipinski definition) is 6. The van der Waals surface area contributed by atoms with Gasteiger partial charge in [0, 0.05) is 38.8 Å². The first-order chi connectivity index (χ1) is 14.5. The molecule has 0 atom stereocenters. The maximum Gasteiger partial charge on any atom is 0.416 e. The van der Waals surface area contributed by atoms with Crippen molar-refractivity contribution in [2.75, 3.05) is 33.3 Å². The van der Waals surface area contributed by atoms with Gasteiger partial charge >= 0.3 is 11.9 Å².